The highest BCUT2D eigenvalue weighted by Crippen LogP contribution is 2.25. The number of rotatable bonds is 4. The molecule has 0 amide bonds. The highest BCUT2D eigenvalue weighted by Gasteiger charge is 2.10. The van der Waals surface area contributed by atoms with Gasteiger partial charge in [-0.25, -0.2) is 4.98 Å². The summed E-state index contributed by atoms with van der Waals surface area (Å²) in [6, 6.07) is 11.4. The van der Waals surface area contributed by atoms with Crippen molar-refractivity contribution in [1.82, 2.24) is 4.98 Å². The van der Waals surface area contributed by atoms with Crippen molar-refractivity contribution in [2.75, 3.05) is 11.9 Å². The number of hydrogen-bond acceptors (Lipinski definition) is 3. The van der Waals surface area contributed by atoms with E-state index in [1.807, 2.05) is 36.4 Å². The Morgan fingerprint density at radius 1 is 1.33 bits per heavy atom. The first kappa shape index (κ1) is 13.3. The van der Waals surface area contributed by atoms with E-state index in [2.05, 4.69) is 26.2 Å². The SMILES string of the molecule is OCC(Nc1cnc(Cl)c(Br)c1)c1ccccc1. The summed E-state index contributed by atoms with van der Waals surface area (Å²) in [4.78, 5) is 4.03. The van der Waals surface area contributed by atoms with Crippen molar-refractivity contribution in [3.05, 3.63) is 57.8 Å². The summed E-state index contributed by atoms with van der Waals surface area (Å²) in [5.74, 6) is 0. The molecule has 0 aliphatic carbocycles. The van der Waals surface area contributed by atoms with E-state index in [4.69, 9.17) is 11.6 Å². The number of anilines is 1. The Kier molecular flexibility index (Phi) is 4.58. The highest BCUT2D eigenvalue weighted by atomic mass is 79.9. The van der Waals surface area contributed by atoms with Crippen LogP contribution >= 0.6 is 27.5 Å². The zero-order chi connectivity index (χ0) is 13.0. The molecule has 0 aliphatic rings. The first-order chi connectivity index (χ1) is 8.70. The summed E-state index contributed by atoms with van der Waals surface area (Å²) in [6.07, 6.45) is 1.64. The van der Waals surface area contributed by atoms with Crippen molar-refractivity contribution in [2.24, 2.45) is 0 Å². The Hall–Kier alpha value is -1.10. The molecule has 0 saturated heterocycles. The Morgan fingerprint density at radius 2 is 2.06 bits per heavy atom. The third-order valence-corrected chi connectivity index (χ3v) is 3.66. The quantitative estimate of drug-likeness (QED) is 0.843. The summed E-state index contributed by atoms with van der Waals surface area (Å²) in [7, 11) is 0. The molecule has 2 N–H and O–H groups in total. The summed E-state index contributed by atoms with van der Waals surface area (Å²) in [6.45, 7) is 0.00423. The van der Waals surface area contributed by atoms with Gasteiger partial charge in [0.05, 0.1) is 29.0 Å². The number of nitrogens with zero attached hydrogens (tertiary/aromatic N) is 1. The maximum absolute atomic E-state index is 9.44. The molecule has 5 heteroatoms. The minimum absolute atomic E-state index is 0.00423. The molecule has 1 unspecified atom stereocenters. The van der Waals surface area contributed by atoms with Gasteiger partial charge in [-0.1, -0.05) is 41.9 Å². The maximum Gasteiger partial charge on any atom is 0.143 e. The summed E-state index contributed by atoms with van der Waals surface area (Å²) < 4.78 is 0.721. The number of aliphatic hydroxyl groups is 1. The van der Waals surface area contributed by atoms with Crippen molar-refractivity contribution in [3.8, 4) is 0 Å². The molecule has 1 heterocycles. The van der Waals surface area contributed by atoms with Gasteiger partial charge in [0, 0.05) is 0 Å². The molecule has 94 valence electrons. The fraction of sp³-hybridized carbons (Fsp3) is 0.154. The van der Waals surface area contributed by atoms with Crippen LogP contribution in [0.15, 0.2) is 47.1 Å². The smallest absolute Gasteiger partial charge is 0.143 e. The van der Waals surface area contributed by atoms with Crippen LogP contribution in [0, 0.1) is 0 Å². The predicted molar refractivity (Wildman–Crippen MR) is 76.8 cm³/mol. The van der Waals surface area contributed by atoms with Crippen molar-refractivity contribution in [3.63, 3.8) is 0 Å². The Bertz CT molecular complexity index is 522. The van der Waals surface area contributed by atoms with E-state index in [0.717, 1.165) is 15.7 Å². The fourth-order valence-corrected chi connectivity index (χ4v) is 2.07. The molecule has 0 radical (unpaired) electrons. The Morgan fingerprint density at radius 3 is 2.67 bits per heavy atom. The van der Waals surface area contributed by atoms with Crippen LogP contribution in [0.25, 0.3) is 0 Å². The number of benzene rings is 1. The minimum atomic E-state index is -0.166. The van der Waals surface area contributed by atoms with Crippen LogP contribution < -0.4 is 5.32 Å². The molecule has 1 aromatic heterocycles. The van der Waals surface area contributed by atoms with Crippen LogP contribution in [-0.4, -0.2) is 16.7 Å². The topological polar surface area (TPSA) is 45.1 Å². The summed E-state index contributed by atoms with van der Waals surface area (Å²) in [5, 5.41) is 13.1. The zero-order valence-electron chi connectivity index (χ0n) is 9.48. The molecule has 2 aromatic rings. The highest BCUT2D eigenvalue weighted by molar-refractivity contribution is 9.10. The van der Waals surface area contributed by atoms with Crippen molar-refractivity contribution in [2.45, 2.75) is 6.04 Å². The summed E-state index contributed by atoms with van der Waals surface area (Å²) >= 11 is 9.15. The first-order valence-corrected chi connectivity index (χ1v) is 6.61. The zero-order valence-corrected chi connectivity index (χ0v) is 11.8. The predicted octanol–water partition coefficient (Wildman–Crippen LogP) is 3.64. The van der Waals surface area contributed by atoms with Gasteiger partial charge in [0.25, 0.3) is 0 Å². The van der Waals surface area contributed by atoms with E-state index in [1.54, 1.807) is 6.20 Å². The number of pyridine rings is 1. The van der Waals surface area contributed by atoms with Gasteiger partial charge < -0.3 is 10.4 Å². The number of aliphatic hydroxyl groups excluding tert-OH is 1. The van der Waals surface area contributed by atoms with Gasteiger partial charge in [-0.2, -0.15) is 0 Å². The van der Waals surface area contributed by atoms with Gasteiger partial charge in [-0.05, 0) is 27.6 Å². The van der Waals surface area contributed by atoms with Gasteiger partial charge >= 0.3 is 0 Å². The number of halogens is 2. The molecule has 0 bridgehead atoms. The van der Waals surface area contributed by atoms with E-state index < -0.39 is 0 Å². The number of nitrogens with one attached hydrogen (secondary N) is 1. The van der Waals surface area contributed by atoms with Crippen LogP contribution in [0.5, 0.6) is 0 Å². The monoisotopic (exact) mass is 326 g/mol. The van der Waals surface area contributed by atoms with Gasteiger partial charge in [0.2, 0.25) is 0 Å². The van der Waals surface area contributed by atoms with Crippen molar-refractivity contribution in [1.29, 1.82) is 0 Å². The van der Waals surface area contributed by atoms with E-state index in [-0.39, 0.29) is 12.6 Å². The molecular formula is C13H12BrClN2O. The van der Waals surface area contributed by atoms with Gasteiger partial charge in [0.1, 0.15) is 5.15 Å². The minimum Gasteiger partial charge on any atom is -0.394 e. The second-order valence-corrected chi connectivity index (χ2v) is 5.00. The Labute approximate surface area is 119 Å². The number of hydrogen-bond donors (Lipinski definition) is 2. The van der Waals surface area contributed by atoms with Crippen LogP contribution in [0.1, 0.15) is 11.6 Å². The molecule has 0 saturated carbocycles. The van der Waals surface area contributed by atoms with E-state index in [0.29, 0.717) is 5.15 Å². The molecular weight excluding hydrogens is 316 g/mol. The average Bonchev–Trinajstić information content (AvgIpc) is 2.41. The molecule has 3 nitrogen and oxygen atoms in total. The molecule has 0 fully saturated rings. The van der Waals surface area contributed by atoms with E-state index >= 15 is 0 Å². The van der Waals surface area contributed by atoms with Crippen LogP contribution in [0.2, 0.25) is 5.15 Å². The van der Waals surface area contributed by atoms with E-state index in [1.165, 1.54) is 0 Å². The Balaban J connectivity index is 2.18. The molecule has 0 aliphatic heterocycles. The van der Waals surface area contributed by atoms with Gasteiger partial charge in [0.15, 0.2) is 0 Å². The molecule has 0 spiro atoms. The molecule has 18 heavy (non-hydrogen) atoms. The summed E-state index contributed by atoms with van der Waals surface area (Å²) in [5.41, 5.74) is 1.82. The number of aromatic nitrogens is 1. The van der Waals surface area contributed by atoms with Gasteiger partial charge in [-0.15, -0.1) is 0 Å². The second kappa shape index (κ2) is 6.18. The largest absolute Gasteiger partial charge is 0.394 e. The fourth-order valence-electron chi connectivity index (χ4n) is 1.62. The third-order valence-electron chi connectivity index (χ3n) is 2.52. The molecule has 1 atom stereocenters. The lowest BCUT2D eigenvalue weighted by Gasteiger charge is -2.18. The van der Waals surface area contributed by atoms with Crippen LogP contribution in [0.4, 0.5) is 5.69 Å². The lowest BCUT2D eigenvalue weighted by atomic mass is 10.1. The lowest BCUT2D eigenvalue weighted by Crippen LogP contribution is -2.14. The standard InChI is InChI=1S/C13H12BrClN2O/c14-11-6-10(7-16-13(11)15)17-12(8-18)9-4-2-1-3-5-9/h1-7,12,17-18H,8H2. The normalized spacial score (nSPS) is 12.2. The van der Waals surface area contributed by atoms with E-state index in [9.17, 15) is 5.11 Å². The lowest BCUT2D eigenvalue weighted by molar-refractivity contribution is 0.276. The molecule has 2 rings (SSSR count). The molecule has 1 aromatic carbocycles. The second-order valence-electron chi connectivity index (χ2n) is 3.79. The van der Waals surface area contributed by atoms with Crippen LogP contribution in [0.3, 0.4) is 0 Å². The van der Waals surface area contributed by atoms with Gasteiger partial charge in [-0.3, -0.25) is 0 Å². The average molecular weight is 328 g/mol. The maximum atomic E-state index is 9.44. The first-order valence-electron chi connectivity index (χ1n) is 5.44. The van der Waals surface area contributed by atoms with Crippen molar-refractivity contribution < 1.29 is 5.11 Å². The van der Waals surface area contributed by atoms with Crippen LogP contribution in [-0.2, 0) is 0 Å². The van der Waals surface area contributed by atoms with Crippen molar-refractivity contribution >= 4 is 33.2 Å². The third kappa shape index (κ3) is 3.22.